The Labute approximate surface area is 217 Å². The third-order valence-corrected chi connectivity index (χ3v) is 7.95. The van der Waals surface area contributed by atoms with Gasteiger partial charge in [-0.2, -0.15) is 0 Å². The average molecular weight is 510 g/mol. The number of likely N-dealkylation sites (tertiary alicyclic amines) is 1. The number of hydrogen-bond acceptors (Lipinski definition) is 6. The summed E-state index contributed by atoms with van der Waals surface area (Å²) in [6.45, 7) is 8.45. The van der Waals surface area contributed by atoms with Gasteiger partial charge >= 0.3 is 0 Å². The van der Waals surface area contributed by atoms with Gasteiger partial charge in [-0.25, -0.2) is 0 Å². The molecule has 0 saturated carbocycles. The Morgan fingerprint density at radius 2 is 1.78 bits per heavy atom. The Morgan fingerprint density at radius 1 is 1.05 bits per heavy atom. The van der Waals surface area contributed by atoms with Crippen LogP contribution in [0, 0.1) is 11.8 Å². The lowest BCUT2D eigenvalue weighted by Crippen LogP contribution is -2.58. The van der Waals surface area contributed by atoms with Crippen LogP contribution < -0.4 is 9.64 Å². The van der Waals surface area contributed by atoms with Gasteiger partial charge in [0.1, 0.15) is 17.4 Å². The third kappa shape index (κ3) is 3.87. The number of rotatable bonds is 6. The number of carbonyl (C=O) groups excluding carboxylic acids is 3. The quantitative estimate of drug-likeness (QED) is 0.587. The smallest absolute Gasteiger partial charge is 0.249 e. The summed E-state index contributed by atoms with van der Waals surface area (Å²) in [6.07, 6.45) is 6.77. The van der Waals surface area contributed by atoms with Gasteiger partial charge in [-0.15, -0.1) is 0 Å². The predicted octanol–water partition coefficient (Wildman–Crippen LogP) is 1.76. The van der Waals surface area contributed by atoms with E-state index in [2.05, 4.69) is 0 Å². The Bertz CT molecular complexity index is 1130. The second kappa shape index (κ2) is 9.61. The van der Waals surface area contributed by atoms with Gasteiger partial charge in [0.25, 0.3) is 0 Å². The van der Waals surface area contributed by atoms with Crippen LogP contribution in [0.5, 0.6) is 5.75 Å². The van der Waals surface area contributed by atoms with E-state index in [1.165, 1.54) is 4.90 Å². The van der Waals surface area contributed by atoms with E-state index in [1.54, 1.807) is 16.7 Å². The van der Waals surface area contributed by atoms with Crippen molar-refractivity contribution in [3.05, 3.63) is 48.6 Å². The zero-order chi connectivity index (χ0) is 26.5. The highest BCUT2D eigenvalue weighted by atomic mass is 16.5. The minimum absolute atomic E-state index is 0.0868. The monoisotopic (exact) mass is 509 g/mol. The standard InChI is InChI=1S/C28H35N3O6/c1-5-36-20-11-9-19(10-12-20)30-14-6-8-21-22(25(30)33)23-26(34)31(18(4)16-32)24-27(35)29(17(2)3)15-7-13-28(23,24)37-21/h6-13,17-18,21-24,32H,5,14-16H2,1-4H3/t18-,21+,22-,23+,24?,28+/m1/s1. The highest BCUT2D eigenvalue weighted by Crippen LogP contribution is 2.54. The highest BCUT2D eigenvalue weighted by molar-refractivity contribution is 6.04. The Balaban J connectivity index is 1.57. The van der Waals surface area contributed by atoms with Crippen LogP contribution in [-0.2, 0) is 19.1 Å². The van der Waals surface area contributed by atoms with Gasteiger partial charge in [-0.05, 0) is 52.0 Å². The van der Waals surface area contributed by atoms with Crippen molar-refractivity contribution in [2.75, 3.05) is 31.2 Å². The van der Waals surface area contributed by atoms with Crippen molar-refractivity contribution in [1.82, 2.24) is 9.80 Å². The molecule has 1 aromatic rings. The molecule has 0 bridgehead atoms. The Morgan fingerprint density at radius 3 is 2.43 bits per heavy atom. The van der Waals surface area contributed by atoms with E-state index in [0.717, 1.165) is 0 Å². The Kier molecular flexibility index (Phi) is 6.62. The maximum absolute atomic E-state index is 14.1. The van der Waals surface area contributed by atoms with Gasteiger partial charge in [0.15, 0.2) is 0 Å². The molecular weight excluding hydrogens is 474 g/mol. The van der Waals surface area contributed by atoms with Crippen LogP contribution in [0.3, 0.4) is 0 Å². The number of benzene rings is 1. The van der Waals surface area contributed by atoms with Crippen LogP contribution in [0.1, 0.15) is 27.7 Å². The molecule has 1 aromatic carbocycles. The van der Waals surface area contributed by atoms with Crippen molar-refractivity contribution in [2.45, 2.75) is 57.5 Å². The zero-order valence-corrected chi connectivity index (χ0v) is 21.7. The molecule has 0 aromatic heterocycles. The molecule has 37 heavy (non-hydrogen) atoms. The summed E-state index contributed by atoms with van der Waals surface area (Å²) in [5, 5.41) is 10.0. The molecule has 1 spiro atoms. The van der Waals surface area contributed by atoms with Crippen molar-refractivity contribution in [3.8, 4) is 5.75 Å². The summed E-state index contributed by atoms with van der Waals surface area (Å²) < 4.78 is 12.1. The van der Waals surface area contributed by atoms with Gasteiger partial charge in [-0.3, -0.25) is 14.4 Å². The fourth-order valence-corrected chi connectivity index (χ4v) is 6.24. The van der Waals surface area contributed by atoms with Gasteiger partial charge in [0.2, 0.25) is 17.7 Å². The van der Waals surface area contributed by atoms with Crippen LogP contribution in [0.25, 0.3) is 0 Å². The summed E-state index contributed by atoms with van der Waals surface area (Å²) >= 11 is 0. The van der Waals surface area contributed by atoms with Crippen LogP contribution >= 0.6 is 0 Å². The molecule has 2 saturated heterocycles. The summed E-state index contributed by atoms with van der Waals surface area (Å²) in [5.41, 5.74) is -0.598. The van der Waals surface area contributed by atoms with Crippen LogP contribution in [0.15, 0.2) is 48.6 Å². The topological polar surface area (TPSA) is 99.6 Å². The van der Waals surface area contributed by atoms with Crippen molar-refractivity contribution in [3.63, 3.8) is 0 Å². The van der Waals surface area contributed by atoms with E-state index in [4.69, 9.17) is 9.47 Å². The number of amides is 3. The number of fused-ring (bicyclic) bond motifs is 2. The molecular formula is C28H35N3O6. The maximum Gasteiger partial charge on any atom is 0.249 e. The lowest BCUT2D eigenvalue weighted by Gasteiger charge is -2.38. The molecule has 4 aliphatic rings. The third-order valence-electron chi connectivity index (χ3n) is 7.95. The first-order chi connectivity index (χ1) is 17.7. The van der Waals surface area contributed by atoms with Crippen molar-refractivity contribution in [2.24, 2.45) is 11.8 Å². The molecule has 0 aliphatic carbocycles. The first-order valence-corrected chi connectivity index (χ1v) is 13.0. The van der Waals surface area contributed by atoms with Crippen LogP contribution in [0.4, 0.5) is 5.69 Å². The predicted molar refractivity (Wildman–Crippen MR) is 137 cm³/mol. The maximum atomic E-state index is 14.1. The average Bonchev–Trinajstić information content (AvgIpc) is 3.20. The lowest BCUT2D eigenvalue weighted by molar-refractivity contribution is -0.151. The van der Waals surface area contributed by atoms with E-state index in [0.29, 0.717) is 31.1 Å². The highest BCUT2D eigenvalue weighted by Gasteiger charge is 2.72. The van der Waals surface area contributed by atoms with Crippen LogP contribution in [0.2, 0.25) is 0 Å². The van der Waals surface area contributed by atoms with Crippen LogP contribution in [-0.4, -0.2) is 88.8 Å². The fourth-order valence-electron chi connectivity index (χ4n) is 6.24. The molecule has 1 unspecified atom stereocenters. The van der Waals surface area contributed by atoms with E-state index in [-0.39, 0.29) is 30.4 Å². The van der Waals surface area contributed by atoms with Gasteiger partial charge in [0.05, 0.1) is 37.2 Å². The molecule has 4 aliphatic heterocycles. The van der Waals surface area contributed by atoms with Gasteiger partial charge < -0.3 is 29.3 Å². The summed E-state index contributed by atoms with van der Waals surface area (Å²) in [4.78, 5) is 46.9. The second-order valence-corrected chi connectivity index (χ2v) is 10.4. The summed E-state index contributed by atoms with van der Waals surface area (Å²) in [5.74, 6) is -1.77. The molecule has 6 atom stereocenters. The minimum Gasteiger partial charge on any atom is -0.494 e. The van der Waals surface area contributed by atoms with E-state index in [1.807, 2.05) is 69.3 Å². The number of ether oxygens (including phenoxy) is 2. The second-order valence-electron chi connectivity index (χ2n) is 10.4. The summed E-state index contributed by atoms with van der Waals surface area (Å²) in [6, 6.07) is 5.65. The molecule has 3 amide bonds. The number of aliphatic hydroxyl groups is 1. The lowest BCUT2D eigenvalue weighted by atomic mass is 9.77. The molecule has 9 heteroatoms. The molecule has 9 nitrogen and oxygen atoms in total. The molecule has 2 fully saturated rings. The first kappa shape index (κ1) is 25.5. The molecule has 1 N–H and O–H groups in total. The first-order valence-electron chi connectivity index (χ1n) is 13.0. The van der Waals surface area contributed by atoms with E-state index >= 15 is 0 Å². The minimum atomic E-state index is -1.29. The van der Waals surface area contributed by atoms with Crippen molar-refractivity contribution >= 4 is 23.4 Å². The van der Waals surface area contributed by atoms with Gasteiger partial charge in [-0.1, -0.05) is 24.3 Å². The van der Waals surface area contributed by atoms with Crippen molar-refractivity contribution in [1.29, 1.82) is 0 Å². The Hall–Kier alpha value is -3.17. The fraction of sp³-hybridized carbons (Fsp3) is 0.536. The SMILES string of the molecule is CCOc1ccc(N2CC=C[C@@H]3O[C@]45C=CCN(C(C)C)C(=O)C4N([C@H](C)CO)C(=O)[C@@H]5[C@@H]3C2=O)cc1. The number of carbonyl (C=O) groups is 3. The zero-order valence-electron chi connectivity index (χ0n) is 21.7. The number of anilines is 1. The van der Waals surface area contributed by atoms with E-state index < -0.39 is 35.6 Å². The number of aliphatic hydroxyl groups excluding tert-OH is 1. The summed E-state index contributed by atoms with van der Waals surface area (Å²) in [7, 11) is 0. The number of nitrogens with zero attached hydrogens (tertiary/aromatic N) is 3. The molecule has 0 radical (unpaired) electrons. The molecule has 198 valence electrons. The molecule has 5 rings (SSSR count). The normalized spacial score (nSPS) is 31.8. The van der Waals surface area contributed by atoms with Crippen molar-refractivity contribution < 1.29 is 29.0 Å². The van der Waals surface area contributed by atoms with Gasteiger partial charge in [0, 0.05) is 24.8 Å². The van der Waals surface area contributed by atoms with E-state index in [9.17, 15) is 19.5 Å². The molecule has 4 heterocycles. The largest absolute Gasteiger partial charge is 0.494 e. The number of hydrogen-bond donors (Lipinski definition) is 1.